The van der Waals surface area contributed by atoms with Crippen LogP contribution in [-0.2, 0) is 14.4 Å². The molecule has 2 aromatic rings. The van der Waals surface area contributed by atoms with Gasteiger partial charge in [0.25, 0.3) is 0 Å². The highest BCUT2D eigenvalue weighted by atomic mass is 35.5. The first-order valence-corrected chi connectivity index (χ1v) is 18.5. The largest absolute Gasteiger partial charge is 0.339 e. The van der Waals surface area contributed by atoms with Crippen LogP contribution in [0, 0.1) is 16.7 Å². The number of halogens is 1. The predicted molar refractivity (Wildman–Crippen MR) is 192 cm³/mol. The maximum Gasteiger partial charge on any atom is 0.245 e. The summed E-state index contributed by atoms with van der Waals surface area (Å²) >= 11 is 6.28. The molecule has 6 rings (SSSR count). The molecule has 0 unspecified atom stereocenters. The number of nitrogens with zero attached hydrogens (tertiary/aromatic N) is 7. The number of hydrogen-bond acceptors (Lipinski definition) is 7. The van der Waals surface area contributed by atoms with Crippen molar-refractivity contribution >= 4 is 35.3 Å². The summed E-state index contributed by atoms with van der Waals surface area (Å²) in [6.45, 7) is 14.8. The Balaban J connectivity index is 1.34. The van der Waals surface area contributed by atoms with Gasteiger partial charge >= 0.3 is 0 Å². The van der Waals surface area contributed by atoms with Crippen LogP contribution in [0.2, 0.25) is 5.02 Å². The molecular weight excluding hydrogens is 638 g/mol. The molecule has 10 nitrogen and oxygen atoms in total. The molecule has 1 aromatic heterocycles. The Morgan fingerprint density at radius 3 is 2.12 bits per heavy atom. The summed E-state index contributed by atoms with van der Waals surface area (Å²) in [4.78, 5) is 63.1. The zero-order valence-electron chi connectivity index (χ0n) is 30.1. The van der Waals surface area contributed by atoms with Crippen LogP contribution in [0.4, 0.5) is 5.95 Å². The molecule has 3 amide bonds. The van der Waals surface area contributed by atoms with Crippen molar-refractivity contribution in [1.82, 2.24) is 29.6 Å². The second-order valence-corrected chi connectivity index (χ2v) is 17.0. The second kappa shape index (κ2) is 14.2. The van der Waals surface area contributed by atoms with Gasteiger partial charge in [-0.25, -0.2) is 9.97 Å². The van der Waals surface area contributed by atoms with E-state index >= 15 is 4.79 Å². The lowest BCUT2D eigenvalue weighted by molar-refractivity contribution is -0.147. The third-order valence-corrected chi connectivity index (χ3v) is 11.7. The third-order valence-electron chi connectivity index (χ3n) is 11.4. The first-order valence-electron chi connectivity index (χ1n) is 18.1. The van der Waals surface area contributed by atoms with Gasteiger partial charge < -0.3 is 24.5 Å². The van der Waals surface area contributed by atoms with E-state index in [0.29, 0.717) is 50.1 Å². The van der Waals surface area contributed by atoms with Gasteiger partial charge in [-0.15, -0.1) is 0 Å². The zero-order chi connectivity index (χ0) is 35.1. The van der Waals surface area contributed by atoms with Crippen LogP contribution in [0.5, 0.6) is 0 Å². The number of likely N-dealkylation sites (N-methyl/N-ethyl adjacent to an activating group) is 1. The Hall–Kier alpha value is -3.24. The van der Waals surface area contributed by atoms with Crippen molar-refractivity contribution in [2.75, 3.05) is 57.8 Å². The van der Waals surface area contributed by atoms with Crippen LogP contribution in [0.1, 0.15) is 78.2 Å². The number of benzene rings is 1. The average molecular weight is 692 g/mol. The molecule has 4 fully saturated rings. The number of aromatic nitrogens is 2. The number of piperazine rings is 1. The molecule has 1 saturated carbocycles. The van der Waals surface area contributed by atoms with Crippen LogP contribution in [0.15, 0.2) is 42.7 Å². The van der Waals surface area contributed by atoms with Gasteiger partial charge in [-0.1, -0.05) is 58.4 Å². The normalized spacial score (nSPS) is 26.6. The Labute approximate surface area is 297 Å². The first kappa shape index (κ1) is 35.6. The lowest BCUT2D eigenvalue weighted by atomic mass is 9.74. The summed E-state index contributed by atoms with van der Waals surface area (Å²) in [7, 11) is 2.07. The Morgan fingerprint density at radius 2 is 1.51 bits per heavy atom. The molecule has 0 spiro atoms. The number of amides is 3. The number of anilines is 1. The van der Waals surface area contributed by atoms with Gasteiger partial charge in [0.2, 0.25) is 23.7 Å². The van der Waals surface area contributed by atoms with Crippen LogP contribution in [0.3, 0.4) is 0 Å². The van der Waals surface area contributed by atoms with E-state index in [9.17, 15) is 9.59 Å². The molecule has 266 valence electrons. The summed E-state index contributed by atoms with van der Waals surface area (Å²) < 4.78 is 0. The molecule has 49 heavy (non-hydrogen) atoms. The number of hydrogen-bond donors (Lipinski definition) is 0. The Bertz CT molecular complexity index is 1480. The first-order chi connectivity index (χ1) is 23.2. The summed E-state index contributed by atoms with van der Waals surface area (Å²) in [5.41, 5.74) is 0.689. The Kier molecular flexibility index (Phi) is 10.3. The van der Waals surface area contributed by atoms with Crippen molar-refractivity contribution in [2.24, 2.45) is 16.7 Å². The van der Waals surface area contributed by atoms with E-state index in [1.54, 1.807) is 18.5 Å². The lowest BCUT2D eigenvalue weighted by Crippen LogP contribution is -2.54. The van der Waals surface area contributed by atoms with Crippen LogP contribution < -0.4 is 4.90 Å². The zero-order valence-corrected chi connectivity index (χ0v) is 30.9. The third kappa shape index (κ3) is 7.75. The van der Waals surface area contributed by atoms with E-state index in [0.717, 1.165) is 44.3 Å². The summed E-state index contributed by atoms with van der Waals surface area (Å²) in [6, 6.07) is 8.76. The van der Waals surface area contributed by atoms with E-state index in [4.69, 9.17) is 11.6 Å². The van der Waals surface area contributed by atoms with Gasteiger partial charge in [-0.05, 0) is 68.3 Å². The minimum absolute atomic E-state index is 0.00109. The van der Waals surface area contributed by atoms with Crippen molar-refractivity contribution in [3.63, 3.8) is 0 Å². The molecule has 0 N–H and O–H groups in total. The molecule has 4 atom stereocenters. The van der Waals surface area contributed by atoms with E-state index < -0.39 is 17.4 Å². The molecular formula is C38H54ClN7O3. The molecule has 3 saturated heterocycles. The van der Waals surface area contributed by atoms with Crippen LogP contribution >= 0.6 is 11.6 Å². The number of carbonyl (C=O) groups excluding carboxylic acids is 3. The maximum atomic E-state index is 15.1. The van der Waals surface area contributed by atoms with Gasteiger partial charge in [0.1, 0.15) is 6.04 Å². The minimum atomic E-state index is -0.621. The van der Waals surface area contributed by atoms with Crippen molar-refractivity contribution < 1.29 is 14.4 Å². The minimum Gasteiger partial charge on any atom is -0.339 e. The van der Waals surface area contributed by atoms with Crippen molar-refractivity contribution in [2.45, 2.75) is 90.8 Å². The molecule has 11 heteroatoms. The fraction of sp³-hybridized carbons (Fsp3) is 0.658. The summed E-state index contributed by atoms with van der Waals surface area (Å²) in [5.74, 6) is 0.0917. The van der Waals surface area contributed by atoms with E-state index in [1.807, 2.05) is 54.8 Å². The Morgan fingerprint density at radius 1 is 0.878 bits per heavy atom. The SMILES string of the molecule is CN1CCN(C(=O)[C@@H]2C[C@H](N(C(=O)C(C)(C)C)C3CCC(C)(C)CC3)CN2C(=O)[C@@H]2CN(c3ncccn3)C[C@H]2c2ccc(Cl)cc2)CC1. The van der Waals surface area contributed by atoms with Gasteiger partial charge in [-0.2, -0.15) is 0 Å². The molecule has 1 aromatic carbocycles. The monoisotopic (exact) mass is 691 g/mol. The molecule has 4 aliphatic rings. The fourth-order valence-corrected chi connectivity index (χ4v) is 8.47. The van der Waals surface area contributed by atoms with Gasteiger partial charge in [0, 0.05) is 80.6 Å². The number of rotatable bonds is 6. The summed E-state index contributed by atoms with van der Waals surface area (Å²) in [6.07, 6.45) is 7.87. The standard InChI is InChI=1S/C38H54ClN7O3/c1-37(2,3)35(49)46(28-12-14-38(4,5)15-13-28)29-22-32(34(48)43-20-18-42(6)19-21-43)45(23-29)33(47)31-25-44(36-40-16-7-17-41-36)24-30(31)26-8-10-27(39)11-9-26/h7-11,16-17,28-32H,12-15,18-25H2,1-6H3/t29-,30-,31+,32-/m0/s1. The quantitative estimate of drug-likeness (QED) is 0.424. The topological polar surface area (TPSA) is 93.2 Å². The fourth-order valence-electron chi connectivity index (χ4n) is 8.34. The van der Waals surface area contributed by atoms with Gasteiger partial charge in [0.05, 0.1) is 12.0 Å². The predicted octanol–water partition coefficient (Wildman–Crippen LogP) is 4.94. The van der Waals surface area contributed by atoms with Crippen molar-refractivity contribution in [3.8, 4) is 0 Å². The van der Waals surface area contributed by atoms with E-state index in [2.05, 4.69) is 45.6 Å². The summed E-state index contributed by atoms with van der Waals surface area (Å²) in [5, 5.41) is 0.641. The lowest BCUT2D eigenvalue weighted by Gasteiger charge is -2.45. The molecule has 0 radical (unpaired) electrons. The highest BCUT2D eigenvalue weighted by Gasteiger charge is 2.51. The molecule has 3 aliphatic heterocycles. The van der Waals surface area contributed by atoms with E-state index in [1.165, 1.54) is 0 Å². The van der Waals surface area contributed by atoms with Crippen molar-refractivity contribution in [1.29, 1.82) is 0 Å². The van der Waals surface area contributed by atoms with Crippen LogP contribution in [-0.4, -0.2) is 118 Å². The van der Waals surface area contributed by atoms with Crippen molar-refractivity contribution in [3.05, 3.63) is 53.3 Å². The smallest absolute Gasteiger partial charge is 0.245 e. The molecule has 1 aliphatic carbocycles. The molecule has 0 bridgehead atoms. The van der Waals surface area contributed by atoms with Crippen LogP contribution in [0.25, 0.3) is 0 Å². The molecule has 4 heterocycles. The maximum absolute atomic E-state index is 15.1. The number of carbonyl (C=O) groups is 3. The number of likely N-dealkylation sites (tertiary alicyclic amines) is 1. The van der Waals surface area contributed by atoms with Gasteiger partial charge in [0.15, 0.2) is 0 Å². The highest BCUT2D eigenvalue weighted by molar-refractivity contribution is 6.30. The highest BCUT2D eigenvalue weighted by Crippen LogP contribution is 2.42. The second-order valence-electron chi connectivity index (χ2n) is 16.6. The van der Waals surface area contributed by atoms with Gasteiger partial charge in [-0.3, -0.25) is 14.4 Å². The van der Waals surface area contributed by atoms with E-state index in [-0.39, 0.29) is 41.1 Å². The average Bonchev–Trinajstić information content (AvgIpc) is 3.72.